The molecule has 0 saturated heterocycles. The molecular formula is C25H35IO3. The second-order valence-electron chi connectivity index (χ2n) is 9.43. The van der Waals surface area contributed by atoms with Gasteiger partial charge in [-0.05, 0) is 115 Å². The molecule has 0 aromatic heterocycles. The van der Waals surface area contributed by atoms with E-state index in [1.807, 2.05) is 6.92 Å². The van der Waals surface area contributed by atoms with Crippen LogP contribution in [-0.4, -0.2) is 23.8 Å². The fourth-order valence-electron chi connectivity index (χ4n) is 5.89. The van der Waals surface area contributed by atoms with Crippen LogP contribution < -0.4 is 0 Å². The molecule has 1 aromatic rings. The molecule has 0 bridgehead atoms. The molecule has 6 atom stereocenters. The Morgan fingerprint density at radius 2 is 2.00 bits per heavy atom. The average molecular weight is 510 g/mol. The van der Waals surface area contributed by atoms with Crippen LogP contribution in [0.5, 0.6) is 0 Å². The Balaban J connectivity index is 1.78. The van der Waals surface area contributed by atoms with Crippen LogP contribution in [0.4, 0.5) is 0 Å². The standard InChI is InChI=1S/C25H35IO3/c1-5-29-24(28)12-16(2)19-8-11-22-21(14-18-6-9-20(26)10-7-18)23(27)13-17(3)25(22,4)15-19/h6-7,9-10,12,17,19,21-23,27H,5,8,11,13-15H2,1-4H3/b16-12+/t17-,19-,21+,22+,23-,25+/m1/s1. The predicted octanol–water partition coefficient (Wildman–Crippen LogP) is 5.78. The fraction of sp³-hybridized carbons (Fsp3) is 0.640. The molecule has 0 unspecified atom stereocenters. The van der Waals surface area contributed by atoms with Gasteiger partial charge in [-0.3, -0.25) is 0 Å². The van der Waals surface area contributed by atoms with Crippen LogP contribution in [0.25, 0.3) is 0 Å². The number of esters is 1. The minimum Gasteiger partial charge on any atom is -0.463 e. The van der Waals surface area contributed by atoms with Gasteiger partial charge in [0.2, 0.25) is 0 Å². The highest BCUT2D eigenvalue weighted by atomic mass is 127. The molecule has 0 heterocycles. The first-order valence-corrected chi connectivity index (χ1v) is 12.1. The Kier molecular flexibility index (Phi) is 7.47. The Morgan fingerprint density at radius 1 is 1.31 bits per heavy atom. The molecule has 29 heavy (non-hydrogen) atoms. The van der Waals surface area contributed by atoms with Crippen molar-refractivity contribution < 1.29 is 14.6 Å². The summed E-state index contributed by atoms with van der Waals surface area (Å²) in [5.41, 5.74) is 2.67. The summed E-state index contributed by atoms with van der Waals surface area (Å²) < 4.78 is 6.36. The molecule has 2 aliphatic rings. The van der Waals surface area contributed by atoms with E-state index in [-0.39, 0.29) is 17.5 Å². The lowest BCUT2D eigenvalue weighted by Gasteiger charge is -2.56. The van der Waals surface area contributed by atoms with Gasteiger partial charge >= 0.3 is 5.97 Å². The van der Waals surface area contributed by atoms with Gasteiger partial charge in [0, 0.05) is 9.65 Å². The highest BCUT2D eigenvalue weighted by molar-refractivity contribution is 14.1. The maximum Gasteiger partial charge on any atom is 0.330 e. The number of hydrogen-bond acceptors (Lipinski definition) is 3. The zero-order valence-electron chi connectivity index (χ0n) is 18.2. The topological polar surface area (TPSA) is 46.5 Å². The van der Waals surface area contributed by atoms with E-state index in [0.717, 1.165) is 37.7 Å². The van der Waals surface area contributed by atoms with Crippen molar-refractivity contribution in [3.63, 3.8) is 0 Å². The van der Waals surface area contributed by atoms with Gasteiger partial charge in [-0.25, -0.2) is 4.79 Å². The number of rotatable bonds is 5. The second kappa shape index (κ2) is 9.51. The van der Waals surface area contributed by atoms with Crippen LogP contribution in [-0.2, 0) is 16.0 Å². The fourth-order valence-corrected chi connectivity index (χ4v) is 6.25. The summed E-state index contributed by atoms with van der Waals surface area (Å²) in [6, 6.07) is 8.74. The monoisotopic (exact) mass is 510 g/mol. The van der Waals surface area contributed by atoms with Crippen molar-refractivity contribution in [3.05, 3.63) is 45.0 Å². The van der Waals surface area contributed by atoms with Crippen LogP contribution >= 0.6 is 22.6 Å². The van der Waals surface area contributed by atoms with Gasteiger partial charge in [-0.1, -0.05) is 31.6 Å². The van der Waals surface area contributed by atoms with E-state index in [9.17, 15) is 9.90 Å². The zero-order chi connectivity index (χ0) is 21.2. The van der Waals surface area contributed by atoms with Gasteiger partial charge in [0.1, 0.15) is 0 Å². The third-order valence-electron chi connectivity index (χ3n) is 7.75. The summed E-state index contributed by atoms with van der Waals surface area (Å²) in [5.74, 6) is 1.52. The largest absolute Gasteiger partial charge is 0.463 e. The number of allylic oxidation sites excluding steroid dienone is 1. The molecular weight excluding hydrogens is 475 g/mol. The third-order valence-corrected chi connectivity index (χ3v) is 8.47. The van der Waals surface area contributed by atoms with Gasteiger partial charge in [-0.2, -0.15) is 0 Å². The number of hydrogen-bond donors (Lipinski definition) is 1. The zero-order valence-corrected chi connectivity index (χ0v) is 20.3. The molecule has 0 radical (unpaired) electrons. The molecule has 2 fully saturated rings. The van der Waals surface area contributed by atoms with E-state index >= 15 is 0 Å². The summed E-state index contributed by atoms with van der Waals surface area (Å²) in [7, 11) is 0. The van der Waals surface area contributed by atoms with E-state index in [2.05, 4.69) is 67.6 Å². The Morgan fingerprint density at radius 3 is 2.66 bits per heavy atom. The number of ether oxygens (including phenoxy) is 1. The molecule has 2 aliphatic carbocycles. The lowest BCUT2D eigenvalue weighted by Crippen LogP contribution is -2.52. The first kappa shape index (κ1) is 22.8. The normalized spacial score (nSPS) is 35.1. The van der Waals surface area contributed by atoms with Crippen molar-refractivity contribution in [2.24, 2.45) is 29.1 Å². The van der Waals surface area contributed by atoms with Crippen molar-refractivity contribution in [1.82, 2.24) is 0 Å². The summed E-state index contributed by atoms with van der Waals surface area (Å²) in [6.45, 7) is 9.08. The van der Waals surface area contributed by atoms with Crippen molar-refractivity contribution in [2.45, 2.75) is 65.9 Å². The van der Waals surface area contributed by atoms with Crippen molar-refractivity contribution >= 4 is 28.6 Å². The maximum absolute atomic E-state index is 11.9. The molecule has 160 valence electrons. The Labute approximate surface area is 189 Å². The SMILES string of the molecule is CCOC(=O)/C=C(\C)[C@@H]1CC[C@H]2[C@H](Cc3ccc(I)cc3)[C@H](O)C[C@@H](C)[C@]2(C)C1. The van der Waals surface area contributed by atoms with Crippen LogP contribution in [0, 0.1) is 32.7 Å². The lowest BCUT2D eigenvalue weighted by atomic mass is 9.49. The van der Waals surface area contributed by atoms with E-state index in [0.29, 0.717) is 30.3 Å². The number of carbonyl (C=O) groups excluding carboxylic acids is 1. The molecule has 3 rings (SSSR count). The molecule has 1 N–H and O–H groups in total. The molecule has 4 heteroatoms. The summed E-state index contributed by atoms with van der Waals surface area (Å²) >= 11 is 2.34. The molecule has 1 aromatic carbocycles. The smallest absolute Gasteiger partial charge is 0.330 e. The number of aliphatic hydroxyl groups is 1. The maximum atomic E-state index is 11.9. The average Bonchev–Trinajstić information content (AvgIpc) is 2.67. The van der Waals surface area contributed by atoms with Gasteiger partial charge in [0.05, 0.1) is 12.7 Å². The van der Waals surface area contributed by atoms with Gasteiger partial charge in [0.25, 0.3) is 0 Å². The molecule has 0 aliphatic heterocycles. The van der Waals surface area contributed by atoms with Crippen molar-refractivity contribution in [1.29, 1.82) is 0 Å². The van der Waals surface area contributed by atoms with Crippen LogP contribution in [0.15, 0.2) is 35.9 Å². The lowest BCUT2D eigenvalue weighted by molar-refractivity contribution is -0.137. The first-order chi connectivity index (χ1) is 13.7. The minimum atomic E-state index is -0.227. The first-order valence-electron chi connectivity index (χ1n) is 11.0. The third kappa shape index (κ3) is 5.07. The van der Waals surface area contributed by atoms with E-state index in [4.69, 9.17) is 4.74 Å². The van der Waals surface area contributed by atoms with Crippen LogP contribution in [0.2, 0.25) is 0 Å². The molecule has 2 saturated carbocycles. The quantitative estimate of drug-likeness (QED) is 0.310. The van der Waals surface area contributed by atoms with E-state index in [1.165, 1.54) is 9.13 Å². The minimum absolute atomic E-state index is 0.194. The predicted molar refractivity (Wildman–Crippen MR) is 125 cm³/mol. The Hall–Kier alpha value is -0.880. The molecule has 0 spiro atoms. The number of halogens is 1. The van der Waals surface area contributed by atoms with Gasteiger partial charge in [-0.15, -0.1) is 0 Å². The highest BCUT2D eigenvalue weighted by Crippen LogP contribution is 2.58. The number of carbonyl (C=O) groups is 1. The Bertz CT molecular complexity index is 741. The number of fused-ring (bicyclic) bond motifs is 1. The van der Waals surface area contributed by atoms with Crippen LogP contribution in [0.1, 0.15) is 58.9 Å². The number of benzene rings is 1. The van der Waals surface area contributed by atoms with Gasteiger partial charge in [0.15, 0.2) is 0 Å². The number of aliphatic hydroxyl groups excluding tert-OH is 1. The summed E-state index contributed by atoms with van der Waals surface area (Å²) in [6.07, 6.45) is 6.59. The van der Waals surface area contributed by atoms with Crippen molar-refractivity contribution in [3.8, 4) is 0 Å². The van der Waals surface area contributed by atoms with E-state index in [1.54, 1.807) is 6.08 Å². The summed E-state index contributed by atoms with van der Waals surface area (Å²) in [4.78, 5) is 11.9. The van der Waals surface area contributed by atoms with E-state index < -0.39 is 0 Å². The van der Waals surface area contributed by atoms with Crippen LogP contribution in [0.3, 0.4) is 0 Å². The highest BCUT2D eigenvalue weighted by Gasteiger charge is 2.52. The molecule has 3 nitrogen and oxygen atoms in total. The van der Waals surface area contributed by atoms with Crippen molar-refractivity contribution in [2.75, 3.05) is 6.61 Å². The van der Waals surface area contributed by atoms with Gasteiger partial charge < -0.3 is 9.84 Å². The molecule has 0 amide bonds. The summed E-state index contributed by atoms with van der Waals surface area (Å²) in [5, 5.41) is 11.0. The second-order valence-corrected chi connectivity index (χ2v) is 10.7.